The Hall–Kier alpha value is -2.85. The summed E-state index contributed by atoms with van der Waals surface area (Å²) in [5.41, 5.74) is 1.46. The monoisotopic (exact) mass is 505 g/mol. The van der Waals surface area contributed by atoms with Gasteiger partial charge in [0.25, 0.3) is 11.8 Å². The zero-order valence-electron chi connectivity index (χ0n) is 19.2. The molecule has 0 spiro atoms. The summed E-state index contributed by atoms with van der Waals surface area (Å²) in [4.78, 5) is 35.7. The molecule has 1 aromatic heterocycles. The van der Waals surface area contributed by atoms with Crippen molar-refractivity contribution in [1.29, 1.82) is 0 Å². The third-order valence-corrected chi connectivity index (χ3v) is 6.91. The maximum absolute atomic E-state index is 13.2. The molecule has 5 rings (SSSR count). The van der Waals surface area contributed by atoms with Crippen LogP contribution in [0.15, 0.2) is 24.4 Å². The number of alkyl halides is 2. The number of amides is 2. The van der Waals surface area contributed by atoms with Crippen molar-refractivity contribution in [2.45, 2.75) is 56.7 Å². The van der Waals surface area contributed by atoms with Crippen LogP contribution in [0.3, 0.4) is 0 Å². The van der Waals surface area contributed by atoms with Crippen LogP contribution in [0, 0.1) is 0 Å². The van der Waals surface area contributed by atoms with Gasteiger partial charge < -0.3 is 20.3 Å². The number of ether oxygens (including phenoxy) is 1. The fourth-order valence-electron chi connectivity index (χ4n) is 5.03. The van der Waals surface area contributed by atoms with Crippen molar-refractivity contribution < 1.29 is 23.1 Å². The average Bonchev–Trinajstić information content (AvgIpc) is 3.08. The lowest BCUT2D eigenvalue weighted by atomic mass is 9.75. The van der Waals surface area contributed by atoms with Crippen LogP contribution in [0.1, 0.15) is 48.5 Å². The summed E-state index contributed by atoms with van der Waals surface area (Å²) < 4.78 is 31.9. The molecular formula is C24H26ClF2N5O3. The number of benzene rings is 1. The number of nitrogens with zero attached hydrogens (tertiary/aromatic N) is 3. The molecule has 1 saturated carbocycles. The van der Waals surface area contributed by atoms with Crippen LogP contribution in [0.4, 0.5) is 14.7 Å². The quantitative estimate of drug-likeness (QED) is 0.622. The molecule has 8 nitrogen and oxygen atoms in total. The SMILES string of the molecule is CC1(NC(=O)CN2Cc3ccc(-c4nc(NC5CCOCC5)ncc4Cl)cc3C2=O)CC(F)(F)C1. The van der Waals surface area contributed by atoms with E-state index < -0.39 is 30.2 Å². The third-order valence-electron chi connectivity index (χ3n) is 6.63. The first kappa shape index (κ1) is 23.9. The number of halogens is 3. The fraction of sp³-hybridized carbons (Fsp3) is 0.500. The van der Waals surface area contributed by atoms with Gasteiger partial charge in [-0.15, -0.1) is 0 Å². The molecule has 2 amide bonds. The van der Waals surface area contributed by atoms with Gasteiger partial charge in [0.1, 0.15) is 6.54 Å². The number of anilines is 1. The lowest BCUT2D eigenvalue weighted by Gasteiger charge is -2.45. The summed E-state index contributed by atoms with van der Waals surface area (Å²) >= 11 is 6.38. The van der Waals surface area contributed by atoms with Crippen LogP contribution in [0.25, 0.3) is 11.3 Å². The van der Waals surface area contributed by atoms with Crippen molar-refractivity contribution in [3.8, 4) is 11.3 Å². The van der Waals surface area contributed by atoms with Crippen molar-refractivity contribution in [2.75, 3.05) is 25.1 Å². The van der Waals surface area contributed by atoms with Gasteiger partial charge in [0.15, 0.2) is 0 Å². The standard InChI is InChI=1S/C24H26ClF2N5O3/c1-23(12-24(26,27)13-23)31-19(33)11-32-10-15-3-2-14(8-17(15)21(32)34)20-18(25)9-28-22(30-20)29-16-4-6-35-7-5-16/h2-3,8-9,16H,4-7,10-13H2,1H3,(H,31,33)(H,28,29,30). The smallest absolute Gasteiger partial charge is 0.254 e. The second-order valence-corrected chi connectivity index (χ2v) is 10.2. The summed E-state index contributed by atoms with van der Waals surface area (Å²) in [6.07, 6.45) is 2.46. The van der Waals surface area contributed by atoms with Gasteiger partial charge in [-0.25, -0.2) is 18.7 Å². The fourth-order valence-corrected chi connectivity index (χ4v) is 5.23. The predicted molar refractivity (Wildman–Crippen MR) is 125 cm³/mol. The van der Waals surface area contributed by atoms with E-state index in [2.05, 4.69) is 20.6 Å². The van der Waals surface area contributed by atoms with E-state index >= 15 is 0 Å². The van der Waals surface area contributed by atoms with Crippen LogP contribution >= 0.6 is 11.6 Å². The number of carbonyl (C=O) groups is 2. The average molecular weight is 506 g/mol. The number of carbonyl (C=O) groups excluding carboxylic acids is 2. The van der Waals surface area contributed by atoms with Crippen LogP contribution in [0.2, 0.25) is 5.02 Å². The van der Waals surface area contributed by atoms with E-state index in [-0.39, 0.29) is 25.0 Å². The second-order valence-electron chi connectivity index (χ2n) is 9.77. The van der Waals surface area contributed by atoms with Gasteiger partial charge >= 0.3 is 0 Å². The molecule has 35 heavy (non-hydrogen) atoms. The van der Waals surface area contributed by atoms with Crippen molar-refractivity contribution in [3.63, 3.8) is 0 Å². The molecule has 1 saturated heterocycles. The zero-order chi connectivity index (χ0) is 24.8. The van der Waals surface area contributed by atoms with E-state index in [9.17, 15) is 18.4 Å². The molecule has 1 aromatic carbocycles. The summed E-state index contributed by atoms with van der Waals surface area (Å²) in [5, 5.41) is 6.31. The molecule has 0 radical (unpaired) electrons. The number of hydrogen-bond acceptors (Lipinski definition) is 6. The molecule has 2 fully saturated rings. The normalized spacial score (nSPS) is 20.8. The molecule has 0 bridgehead atoms. The topological polar surface area (TPSA) is 96.5 Å². The number of hydrogen-bond donors (Lipinski definition) is 2. The highest BCUT2D eigenvalue weighted by atomic mass is 35.5. The van der Waals surface area contributed by atoms with E-state index in [0.29, 0.717) is 41.0 Å². The van der Waals surface area contributed by atoms with Gasteiger partial charge in [-0.1, -0.05) is 23.7 Å². The molecular weight excluding hydrogens is 480 g/mol. The van der Waals surface area contributed by atoms with Crippen LogP contribution < -0.4 is 10.6 Å². The minimum atomic E-state index is -2.75. The molecule has 3 aliphatic rings. The van der Waals surface area contributed by atoms with Gasteiger partial charge in [-0.2, -0.15) is 0 Å². The Bertz CT molecular complexity index is 1160. The van der Waals surface area contributed by atoms with Gasteiger partial charge in [-0.05, 0) is 31.4 Å². The van der Waals surface area contributed by atoms with Crippen LogP contribution in [0.5, 0.6) is 0 Å². The van der Waals surface area contributed by atoms with Gasteiger partial charge in [0.05, 0.1) is 16.9 Å². The Kier molecular flexibility index (Phi) is 6.13. The molecule has 1 aliphatic carbocycles. The first-order chi connectivity index (χ1) is 16.6. The van der Waals surface area contributed by atoms with E-state index in [1.807, 2.05) is 12.1 Å². The highest BCUT2D eigenvalue weighted by Crippen LogP contribution is 2.45. The highest BCUT2D eigenvalue weighted by molar-refractivity contribution is 6.33. The number of rotatable bonds is 6. The zero-order valence-corrected chi connectivity index (χ0v) is 20.0. The first-order valence-corrected chi connectivity index (χ1v) is 12.0. The first-order valence-electron chi connectivity index (χ1n) is 11.6. The van der Waals surface area contributed by atoms with E-state index in [1.54, 1.807) is 13.0 Å². The molecule has 2 aromatic rings. The van der Waals surface area contributed by atoms with Crippen LogP contribution in [-0.2, 0) is 16.1 Å². The molecule has 2 N–H and O–H groups in total. The lowest BCUT2D eigenvalue weighted by Crippen LogP contribution is -2.61. The minimum Gasteiger partial charge on any atom is -0.381 e. The number of fused-ring (bicyclic) bond motifs is 1. The molecule has 11 heteroatoms. The minimum absolute atomic E-state index is 0.197. The summed E-state index contributed by atoms with van der Waals surface area (Å²) in [6, 6.07) is 5.58. The van der Waals surface area contributed by atoms with Gasteiger partial charge in [0.2, 0.25) is 11.9 Å². The van der Waals surface area contributed by atoms with Crippen molar-refractivity contribution in [3.05, 3.63) is 40.5 Å². The van der Waals surface area contributed by atoms with Crippen LogP contribution in [-0.4, -0.2) is 63.9 Å². The van der Waals surface area contributed by atoms with Gasteiger partial charge in [-0.3, -0.25) is 9.59 Å². The predicted octanol–water partition coefficient (Wildman–Crippen LogP) is 3.65. The van der Waals surface area contributed by atoms with Crippen molar-refractivity contribution >= 4 is 29.4 Å². The Morgan fingerprint density at radius 1 is 1.29 bits per heavy atom. The highest BCUT2D eigenvalue weighted by Gasteiger charge is 2.54. The third kappa shape index (κ3) is 5.08. The number of nitrogens with one attached hydrogen (secondary N) is 2. The van der Waals surface area contributed by atoms with E-state index in [1.165, 1.54) is 11.1 Å². The Labute approximate surface area is 206 Å². The molecule has 0 unspecified atom stereocenters. The lowest BCUT2D eigenvalue weighted by molar-refractivity contribution is -0.144. The number of aromatic nitrogens is 2. The second kappa shape index (κ2) is 8.98. The molecule has 0 atom stereocenters. The largest absolute Gasteiger partial charge is 0.381 e. The maximum Gasteiger partial charge on any atom is 0.254 e. The van der Waals surface area contributed by atoms with Crippen molar-refractivity contribution in [2.24, 2.45) is 0 Å². The van der Waals surface area contributed by atoms with Crippen molar-refractivity contribution in [1.82, 2.24) is 20.2 Å². The summed E-state index contributed by atoms with van der Waals surface area (Å²) in [5.74, 6) is -3.05. The summed E-state index contributed by atoms with van der Waals surface area (Å²) in [6.45, 7) is 3.03. The Balaban J connectivity index is 1.28. The van der Waals surface area contributed by atoms with E-state index in [0.717, 1.165) is 18.4 Å². The Morgan fingerprint density at radius 3 is 2.74 bits per heavy atom. The Morgan fingerprint density at radius 2 is 2.03 bits per heavy atom. The molecule has 186 valence electrons. The molecule has 2 aliphatic heterocycles. The molecule has 3 heterocycles. The maximum atomic E-state index is 13.2. The van der Waals surface area contributed by atoms with Gasteiger partial charge in [0, 0.05) is 55.3 Å². The van der Waals surface area contributed by atoms with E-state index in [4.69, 9.17) is 16.3 Å². The summed E-state index contributed by atoms with van der Waals surface area (Å²) in [7, 11) is 0.